The first-order valence-corrected chi connectivity index (χ1v) is 11.1. The number of para-hydroxylation sites is 2. The van der Waals surface area contributed by atoms with E-state index < -0.39 is 4.58 Å². The first-order valence-electron chi connectivity index (χ1n) is 9.34. The number of benzene rings is 3. The van der Waals surface area contributed by atoms with E-state index in [1.54, 1.807) is 12.1 Å². The van der Waals surface area contributed by atoms with Crippen molar-refractivity contribution in [1.82, 2.24) is 0 Å². The summed E-state index contributed by atoms with van der Waals surface area (Å²) >= 11 is 2.26. The van der Waals surface area contributed by atoms with Crippen molar-refractivity contribution in [2.45, 2.75) is 11.5 Å². The lowest BCUT2D eigenvalue weighted by Crippen LogP contribution is -2.31. The van der Waals surface area contributed by atoms with Crippen LogP contribution >= 0.6 is 23.5 Å². The first-order chi connectivity index (χ1) is 14.6. The van der Waals surface area contributed by atoms with E-state index in [-0.39, 0.29) is 11.1 Å². The number of carbonyl (C=O) groups excluding carboxylic acids is 2. The van der Waals surface area contributed by atoms with Gasteiger partial charge in [-0.2, -0.15) is 0 Å². The van der Waals surface area contributed by atoms with Gasteiger partial charge < -0.3 is 5.32 Å². The molecule has 30 heavy (non-hydrogen) atoms. The van der Waals surface area contributed by atoms with Crippen LogP contribution in [-0.4, -0.2) is 20.9 Å². The van der Waals surface area contributed by atoms with E-state index in [0.29, 0.717) is 10.9 Å². The highest BCUT2D eigenvalue weighted by molar-refractivity contribution is 8.31. The molecule has 7 heteroatoms. The Bertz CT molecular complexity index is 1070. The molecule has 4 rings (SSSR count). The fraction of sp³-hybridized carbons (Fsp3) is 0.0870. The fourth-order valence-electron chi connectivity index (χ4n) is 2.84. The normalized spacial score (nSPS) is 16.8. The van der Waals surface area contributed by atoms with Crippen LogP contribution in [0.4, 0.5) is 21.9 Å². The second-order valence-corrected chi connectivity index (χ2v) is 9.03. The SMILES string of the molecule is Cc1ccc(N2C(=O)S[C@H](SC(=Nc3ccccc3)Nc3ccccc3)C2=O)cc1. The highest BCUT2D eigenvalue weighted by Gasteiger charge is 2.42. The van der Waals surface area contributed by atoms with E-state index in [4.69, 9.17) is 0 Å². The maximum absolute atomic E-state index is 13.0. The molecule has 5 nitrogen and oxygen atoms in total. The van der Waals surface area contributed by atoms with Crippen LogP contribution in [0.3, 0.4) is 0 Å². The molecule has 1 aliphatic rings. The molecule has 1 N–H and O–H groups in total. The van der Waals surface area contributed by atoms with Crippen LogP contribution in [-0.2, 0) is 4.79 Å². The number of imide groups is 1. The van der Waals surface area contributed by atoms with Gasteiger partial charge in [0.2, 0.25) is 0 Å². The van der Waals surface area contributed by atoms with Crippen LogP contribution in [0.5, 0.6) is 0 Å². The summed E-state index contributed by atoms with van der Waals surface area (Å²) in [5.74, 6) is -0.255. The van der Waals surface area contributed by atoms with Crippen molar-refractivity contribution in [3.63, 3.8) is 0 Å². The Morgan fingerprint density at radius 2 is 1.57 bits per heavy atom. The number of carbonyl (C=O) groups is 2. The molecule has 0 unspecified atom stereocenters. The molecule has 1 aliphatic heterocycles. The van der Waals surface area contributed by atoms with Crippen molar-refractivity contribution in [3.8, 4) is 0 Å². The summed E-state index contributed by atoms with van der Waals surface area (Å²) in [6.45, 7) is 1.96. The number of hydrogen-bond acceptors (Lipinski definition) is 5. The number of nitrogens with one attached hydrogen (secondary N) is 1. The van der Waals surface area contributed by atoms with Crippen LogP contribution in [0.15, 0.2) is 89.9 Å². The molecule has 1 fully saturated rings. The number of aryl methyl sites for hydroxylation is 1. The number of nitrogens with zero attached hydrogens (tertiary/aromatic N) is 2. The van der Waals surface area contributed by atoms with Crippen LogP contribution in [0.1, 0.15) is 5.56 Å². The monoisotopic (exact) mass is 433 g/mol. The number of amides is 2. The second kappa shape index (κ2) is 9.19. The molecule has 3 aromatic rings. The minimum absolute atomic E-state index is 0.255. The lowest BCUT2D eigenvalue weighted by molar-refractivity contribution is -0.115. The third-order valence-corrected chi connectivity index (χ3v) is 6.54. The number of hydrogen-bond donors (Lipinski definition) is 1. The standard InChI is InChI=1S/C23H19N3O2S2/c1-16-12-14-19(15-13-16)26-20(27)21(30-23(26)28)29-22(24-17-8-4-2-5-9-17)25-18-10-6-3-7-11-18/h2-15,21H,1H3,(H,24,25)/t21-/m0/s1. The summed E-state index contributed by atoms with van der Waals surface area (Å²) in [7, 11) is 0. The van der Waals surface area contributed by atoms with E-state index in [1.165, 1.54) is 16.7 Å². The summed E-state index contributed by atoms with van der Waals surface area (Å²) in [6, 6.07) is 26.5. The third-order valence-electron chi connectivity index (χ3n) is 4.34. The van der Waals surface area contributed by atoms with Gasteiger partial charge in [-0.1, -0.05) is 65.9 Å². The summed E-state index contributed by atoms with van der Waals surface area (Å²) in [6.07, 6.45) is 0. The zero-order chi connectivity index (χ0) is 20.9. The van der Waals surface area contributed by atoms with Gasteiger partial charge >= 0.3 is 0 Å². The highest BCUT2D eigenvalue weighted by atomic mass is 32.2. The number of aliphatic imine (C=N–C) groups is 1. The lowest BCUT2D eigenvalue weighted by atomic mass is 10.2. The molecule has 0 spiro atoms. The average Bonchev–Trinajstić information content (AvgIpc) is 3.03. The number of rotatable bonds is 4. The molecule has 0 aliphatic carbocycles. The fourth-order valence-corrected chi connectivity index (χ4v) is 4.99. The molecule has 3 aromatic carbocycles. The number of amidine groups is 1. The lowest BCUT2D eigenvalue weighted by Gasteiger charge is -2.15. The average molecular weight is 434 g/mol. The summed E-state index contributed by atoms with van der Waals surface area (Å²) in [5.41, 5.74) is 3.28. The molecule has 1 atom stereocenters. The summed E-state index contributed by atoms with van der Waals surface area (Å²) in [4.78, 5) is 31.5. The zero-order valence-corrected chi connectivity index (χ0v) is 17.8. The van der Waals surface area contributed by atoms with Crippen LogP contribution in [0.25, 0.3) is 0 Å². The van der Waals surface area contributed by atoms with Gasteiger partial charge in [-0.25, -0.2) is 9.89 Å². The van der Waals surface area contributed by atoms with E-state index >= 15 is 0 Å². The van der Waals surface area contributed by atoms with Crippen LogP contribution in [0, 0.1) is 6.92 Å². The van der Waals surface area contributed by atoms with Gasteiger partial charge in [0.1, 0.15) is 4.58 Å². The van der Waals surface area contributed by atoms with Gasteiger partial charge in [0.05, 0.1) is 11.4 Å². The quantitative estimate of drug-likeness (QED) is 0.401. The molecule has 0 radical (unpaired) electrons. The maximum Gasteiger partial charge on any atom is 0.294 e. The molecule has 1 saturated heterocycles. The van der Waals surface area contributed by atoms with Gasteiger partial charge in [0.15, 0.2) is 5.17 Å². The van der Waals surface area contributed by atoms with E-state index in [0.717, 1.165) is 28.7 Å². The molecular weight excluding hydrogens is 414 g/mol. The maximum atomic E-state index is 13.0. The molecule has 0 bridgehead atoms. The first kappa shape index (κ1) is 20.3. The largest absolute Gasteiger partial charge is 0.335 e. The minimum Gasteiger partial charge on any atom is -0.335 e. The topological polar surface area (TPSA) is 61.8 Å². The Labute approximate surface area is 183 Å². The molecule has 2 amide bonds. The molecule has 0 saturated carbocycles. The van der Waals surface area contributed by atoms with Crippen LogP contribution in [0.2, 0.25) is 0 Å². The summed E-state index contributed by atoms with van der Waals surface area (Å²) in [5, 5.41) is 3.54. The smallest absolute Gasteiger partial charge is 0.294 e. The second-order valence-electron chi connectivity index (χ2n) is 6.59. The Balaban J connectivity index is 1.58. The Hall–Kier alpha value is -3.03. The number of thioether (sulfide) groups is 2. The van der Waals surface area contributed by atoms with E-state index in [2.05, 4.69) is 10.3 Å². The predicted molar refractivity (Wildman–Crippen MR) is 127 cm³/mol. The van der Waals surface area contributed by atoms with Crippen LogP contribution < -0.4 is 10.2 Å². The number of anilines is 2. The van der Waals surface area contributed by atoms with Gasteiger partial charge in [-0.05, 0) is 55.1 Å². The Morgan fingerprint density at radius 1 is 0.933 bits per heavy atom. The van der Waals surface area contributed by atoms with Crippen molar-refractivity contribution in [2.75, 3.05) is 10.2 Å². The van der Waals surface area contributed by atoms with Gasteiger partial charge in [0.25, 0.3) is 11.1 Å². The van der Waals surface area contributed by atoms with Gasteiger partial charge in [0, 0.05) is 5.69 Å². The molecule has 150 valence electrons. The van der Waals surface area contributed by atoms with Gasteiger partial charge in [-0.15, -0.1) is 0 Å². The van der Waals surface area contributed by atoms with Crippen molar-refractivity contribution >= 4 is 56.9 Å². The summed E-state index contributed by atoms with van der Waals surface area (Å²) < 4.78 is -0.613. The molecule has 0 aromatic heterocycles. The van der Waals surface area contributed by atoms with E-state index in [9.17, 15) is 9.59 Å². The van der Waals surface area contributed by atoms with Crippen molar-refractivity contribution < 1.29 is 9.59 Å². The molecular formula is C23H19N3O2S2. The Morgan fingerprint density at radius 3 is 2.23 bits per heavy atom. The van der Waals surface area contributed by atoms with E-state index in [1.807, 2.05) is 79.7 Å². The van der Waals surface area contributed by atoms with Crippen molar-refractivity contribution in [1.29, 1.82) is 0 Å². The van der Waals surface area contributed by atoms with Crippen molar-refractivity contribution in [3.05, 3.63) is 90.5 Å². The van der Waals surface area contributed by atoms with Crippen molar-refractivity contribution in [2.24, 2.45) is 4.99 Å². The molecule has 1 heterocycles. The minimum atomic E-state index is -0.613. The Kier molecular flexibility index (Phi) is 6.21. The predicted octanol–water partition coefficient (Wildman–Crippen LogP) is 6.05. The zero-order valence-electron chi connectivity index (χ0n) is 16.2. The highest BCUT2D eigenvalue weighted by Crippen LogP contribution is 2.38. The third kappa shape index (κ3) is 4.75. The van der Waals surface area contributed by atoms with Gasteiger partial charge in [-0.3, -0.25) is 9.59 Å².